The SMILES string of the molecule is C=C[C@]1(C)C[C@@H](OC(=O)c2cnc(NC)[nH]c2=O)[C@@]2(C)C3C(=O)CCC3(CC[C@H]2C)[C@@H](C)[C@@H]1O. The van der Waals surface area contributed by atoms with Crippen molar-refractivity contribution in [3.05, 3.63) is 34.8 Å². The topological polar surface area (TPSA) is 121 Å². The normalized spacial score (nSPS) is 41.7. The number of aliphatic hydroxyl groups is 1. The molecule has 8 nitrogen and oxygen atoms in total. The predicted octanol–water partition coefficient (Wildman–Crippen LogP) is 3.33. The van der Waals surface area contributed by atoms with Crippen LogP contribution in [0.2, 0.25) is 0 Å². The summed E-state index contributed by atoms with van der Waals surface area (Å²) in [6.07, 6.45) is 4.81. The molecule has 0 aliphatic heterocycles. The van der Waals surface area contributed by atoms with Crippen molar-refractivity contribution in [1.29, 1.82) is 0 Å². The summed E-state index contributed by atoms with van der Waals surface area (Å²) in [7, 11) is 1.61. The average molecular weight is 472 g/mol. The highest BCUT2D eigenvalue weighted by atomic mass is 16.5. The Balaban J connectivity index is 1.83. The van der Waals surface area contributed by atoms with Crippen LogP contribution in [0.4, 0.5) is 5.95 Å². The summed E-state index contributed by atoms with van der Waals surface area (Å²) < 4.78 is 6.13. The highest BCUT2D eigenvalue weighted by molar-refractivity contribution is 5.89. The molecular weight excluding hydrogens is 434 g/mol. The van der Waals surface area contributed by atoms with Gasteiger partial charge in [-0.2, -0.15) is 0 Å². The summed E-state index contributed by atoms with van der Waals surface area (Å²) in [5.74, 6) is -0.636. The van der Waals surface area contributed by atoms with Gasteiger partial charge in [-0.1, -0.05) is 33.8 Å². The standard InChI is InChI=1S/C26H37N3O5/c1-7-24(4)12-18(34-22(33)16-13-28-23(27-6)29-21(16)32)25(5)14(2)8-10-26(15(3)20(24)31)11-9-17(30)19(25)26/h7,13-15,18-20,31H,1,8-12H2,2-6H3,(H2,27,28,29,32)/t14-,15+,18-,19?,20+,24-,25+,26?/m1/s1. The van der Waals surface area contributed by atoms with Crippen LogP contribution in [0.3, 0.4) is 0 Å². The number of Topliss-reactive ketones (excluding diaryl/α,β-unsaturated/α-hetero) is 1. The zero-order valence-electron chi connectivity index (χ0n) is 20.8. The monoisotopic (exact) mass is 471 g/mol. The van der Waals surface area contributed by atoms with E-state index in [4.69, 9.17) is 4.74 Å². The van der Waals surface area contributed by atoms with Crippen molar-refractivity contribution in [2.45, 2.75) is 72.0 Å². The second kappa shape index (κ2) is 8.33. The first-order chi connectivity index (χ1) is 15.9. The molecule has 186 valence electrons. The minimum absolute atomic E-state index is 0.100. The first kappa shape index (κ1) is 24.6. The molecule has 1 aromatic heterocycles. The zero-order chi connectivity index (χ0) is 25.1. The van der Waals surface area contributed by atoms with Crippen molar-refractivity contribution in [1.82, 2.24) is 9.97 Å². The fourth-order valence-corrected chi connectivity index (χ4v) is 7.36. The Bertz CT molecular complexity index is 1070. The van der Waals surface area contributed by atoms with Crippen molar-refractivity contribution in [2.75, 3.05) is 12.4 Å². The molecule has 34 heavy (non-hydrogen) atoms. The Morgan fingerprint density at radius 2 is 2.03 bits per heavy atom. The maximum atomic E-state index is 13.4. The highest BCUT2D eigenvalue weighted by Crippen LogP contribution is 2.68. The lowest BCUT2D eigenvalue weighted by Crippen LogP contribution is -2.63. The van der Waals surface area contributed by atoms with Gasteiger partial charge in [-0.25, -0.2) is 9.78 Å². The summed E-state index contributed by atoms with van der Waals surface area (Å²) >= 11 is 0. The van der Waals surface area contributed by atoms with Crippen molar-refractivity contribution in [3.63, 3.8) is 0 Å². The molecule has 2 unspecified atom stereocenters. The number of ketones is 1. The molecule has 4 rings (SSSR count). The summed E-state index contributed by atoms with van der Waals surface area (Å²) in [5, 5.41) is 14.3. The van der Waals surface area contributed by atoms with Crippen LogP contribution in [0.5, 0.6) is 0 Å². The Hall–Kier alpha value is -2.48. The van der Waals surface area contributed by atoms with E-state index < -0.39 is 34.6 Å². The number of nitrogens with zero attached hydrogens (tertiary/aromatic N) is 1. The minimum atomic E-state index is -0.772. The number of aliphatic hydroxyl groups excluding tert-OH is 1. The highest BCUT2D eigenvalue weighted by Gasteiger charge is 2.68. The van der Waals surface area contributed by atoms with Crippen LogP contribution in [0, 0.1) is 34.0 Å². The molecule has 0 amide bonds. The Morgan fingerprint density at radius 3 is 2.65 bits per heavy atom. The first-order valence-electron chi connectivity index (χ1n) is 12.3. The van der Waals surface area contributed by atoms with Crippen molar-refractivity contribution in [2.24, 2.45) is 34.0 Å². The number of anilines is 1. The van der Waals surface area contributed by atoms with E-state index in [2.05, 4.69) is 42.6 Å². The van der Waals surface area contributed by atoms with Crippen LogP contribution in [0.1, 0.15) is 70.2 Å². The van der Waals surface area contributed by atoms with Crippen molar-refractivity contribution < 1.29 is 19.4 Å². The molecule has 8 atom stereocenters. The predicted molar refractivity (Wildman–Crippen MR) is 128 cm³/mol. The largest absolute Gasteiger partial charge is 0.458 e. The van der Waals surface area contributed by atoms with Crippen LogP contribution >= 0.6 is 0 Å². The van der Waals surface area contributed by atoms with Crippen LogP contribution < -0.4 is 10.9 Å². The molecule has 0 spiro atoms. The molecule has 0 radical (unpaired) electrons. The number of esters is 1. The van der Waals surface area contributed by atoms with Gasteiger partial charge in [0.1, 0.15) is 17.5 Å². The molecular formula is C26H37N3O5. The third kappa shape index (κ3) is 3.36. The minimum Gasteiger partial charge on any atom is -0.458 e. The molecule has 1 heterocycles. The molecule has 0 saturated heterocycles. The van der Waals surface area contributed by atoms with Gasteiger partial charge in [0.2, 0.25) is 5.95 Å². The number of ether oxygens (including phenoxy) is 1. The average Bonchev–Trinajstić information content (AvgIpc) is 3.17. The van der Waals surface area contributed by atoms with E-state index in [0.717, 1.165) is 19.3 Å². The van der Waals surface area contributed by atoms with Crippen molar-refractivity contribution in [3.8, 4) is 0 Å². The van der Waals surface area contributed by atoms with E-state index in [9.17, 15) is 19.5 Å². The van der Waals surface area contributed by atoms with Crippen LogP contribution in [0.25, 0.3) is 0 Å². The number of carbonyl (C=O) groups excluding carboxylic acids is 2. The van der Waals surface area contributed by atoms with E-state index in [1.165, 1.54) is 6.20 Å². The summed E-state index contributed by atoms with van der Waals surface area (Å²) in [6.45, 7) is 12.2. The Kier molecular flexibility index (Phi) is 6.03. The third-order valence-electron chi connectivity index (χ3n) is 9.81. The Labute approximate surface area is 200 Å². The maximum Gasteiger partial charge on any atom is 0.345 e. The van der Waals surface area contributed by atoms with E-state index in [0.29, 0.717) is 12.8 Å². The molecule has 2 bridgehead atoms. The molecule has 0 aromatic carbocycles. The van der Waals surface area contributed by atoms with Crippen LogP contribution in [-0.2, 0) is 9.53 Å². The van der Waals surface area contributed by atoms with E-state index in [1.54, 1.807) is 13.1 Å². The maximum absolute atomic E-state index is 13.4. The number of hydrogen-bond acceptors (Lipinski definition) is 7. The second-order valence-corrected chi connectivity index (χ2v) is 11.2. The smallest absolute Gasteiger partial charge is 0.345 e. The molecule has 1 aromatic rings. The molecule has 3 aliphatic rings. The lowest BCUT2D eigenvalue weighted by molar-refractivity contribution is -0.192. The number of aromatic nitrogens is 2. The Morgan fingerprint density at radius 1 is 1.32 bits per heavy atom. The fourth-order valence-electron chi connectivity index (χ4n) is 7.36. The first-order valence-corrected chi connectivity index (χ1v) is 12.3. The molecule has 8 heteroatoms. The zero-order valence-corrected chi connectivity index (χ0v) is 20.8. The van der Waals surface area contributed by atoms with E-state index >= 15 is 0 Å². The number of H-pyrrole nitrogens is 1. The second-order valence-electron chi connectivity index (χ2n) is 11.2. The van der Waals surface area contributed by atoms with Gasteiger partial charge in [0.25, 0.3) is 5.56 Å². The van der Waals surface area contributed by atoms with Gasteiger partial charge in [0, 0.05) is 30.2 Å². The van der Waals surface area contributed by atoms with Gasteiger partial charge < -0.3 is 15.2 Å². The van der Waals surface area contributed by atoms with E-state index in [-0.39, 0.29) is 40.5 Å². The quantitative estimate of drug-likeness (QED) is 0.455. The van der Waals surface area contributed by atoms with Gasteiger partial charge in [0.05, 0.1) is 12.3 Å². The summed E-state index contributed by atoms with van der Waals surface area (Å²) in [6, 6.07) is 0. The van der Waals surface area contributed by atoms with Gasteiger partial charge in [-0.3, -0.25) is 14.6 Å². The fraction of sp³-hybridized carbons (Fsp3) is 0.692. The summed E-state index contributed by atoms with van der Waals surface area (Å²) in [4.78, 5) is 45.8. The molecule has 3 saturated carbocycles. The van der Waals surface area contributed by atoms with Gasteiger partial charge >= 0.3 is 5.97 Å². The summed E-state index contributed by atoms with van der Waals surface area (Å²) in [5.41, 5.74) is -2.49. The van der Waals surface area contributed by atoms with Crippen molar-refractivity contribution >= 4 is 17.7 Å². The van der Waals surface area contributed by atoms with Crippen LogP contribution in [-0.4, -0.2) is 46.1 Å². The van der Waals surface area contributed by atoms with Gasteiger partial charge in [0.15, 0.2) is 0 Å². The number of aromatic amines is 1. The molecule has 3 aliphatic carbocycles. The number of rotatable bonds is 4. The number of carbonyl (C=O) groups is 2. The van der Waals surface area contributed by atoms with Gasteiger partial charge in [-0.15, -0.1) is 6.58 Å². The number of hydrogen-bond donors (Lipinski definition) is 3. The van der Waals surface area contributed by atoms with Crippen LogP contribution in [0.15, 0.2) is 23.6 Å². The van der Waals surface area contributed by atoms with E-state index in [1.807, 2.05) is 6.92 Å². The molecule has 3 fully saturated rings. The lowest BCUT2D eigenvalue weighted by atomic mass is 9.44. The van der Waals surface area contributed by atoms with Gasteiger partial charge in [-0.05, 0) is 42.9 Å². The molecule has 3 N–H and O–H groups in total. The third-order valence-corrected chi connectivity index (χ3v) is 9.81. The number of nitrogens with one attached hydrogen (secondary N) is 2. The lowest BCUT2D eigenvalue weighted by Gasteiger charge is -2.61.